The molecule has 11 heavy (non-hydrogen) atoms. The van der Waals surface area contributed by atoms with Gasteiger partial charge in [0.15, 0.2) is 0 Å². The fraction of sp³-hybridized carbons (Fsp3) is 0.400. The second-order valence-corrected chi connectivity index (χ2v) is 2.95. The van der Waals surface area contributed by atoms with E-state index in [2.05, 4.69) is 39.8 Å². The van der Waals surface area contributed by atoms with Gasteiger partial charge in [-0.2, -0.15) is 0 Å². The van der Waals surface area contributed by atoms with Crippen LogP contribution >= 0.6 is 17.0 Å². The molecule has 0 aliphatic rings. The summed E-state index contributed by atoms with van der Waals surface area (Å²) in [5.41, 5.74) is 5.64. The van der Waals surface area contributed by atoms with Crippen LogP contribution in [-0.2, 0) is 0 Å². The second-order valence-electron chi connectivity index (χ2n) is 2.95. The minimum absolute atomic E-state index is 0. The predicted octanol–water partition coefficient (Wildman–Crippen LogP) is 3.50. The number of hydrogen-bond donors (Lipinski definition) is 0. The zero-order valence-corrected chi connectivity index (χ0v) is 9.28. The lowest BCUT2D eigenvalue weighted by Crippen LogP contribution is -1.88. The molecule has 0 aromatic heterocycles. The molecule has 0 radical (unpaired) electrons. The Labute approximate surface area is 79.4 Å². The van der Waals surface area contributed by atoms with Crippen molar-refractivity contribution < 1.29 is 0 Å². The van der Waals surface area contributed by atoms with Crippen molar-refractivity contribution in [1.29, 1.82) is 0 Å². The van der Waals surface area contributed by atoms with Crippen molar-refractivity contribution in [3.63, 3.8) is 0 Å². The van der Waals surface area contributed by atoms with Crippen molar-refractivity contribution in [3.8, 4) is 0 Å². The lowest BCUT2D eigenvalue weighted by atomic mass is 10.0. The molecule has 1 rings (SSSR count). The van der Waals surface area contributed by atoms with Gasteiger partial charge in [-0.15, -0.1) is 17.0 Å². The lowest BCUT2D eigenvalue weighted by Gasteiger charge is -2.06. The summed E-state index contributed by atoms with van der Waals surface area (Å²) in [6.45, 7) is 8.67. The van der Waals surface area contributed by atoms with E-state index in [1.807, 2.05) is 0 Å². The summed E-state index contributed by atoms with van der Waals surface area (Å²) in [5, 5.41) is 0. The third-order valence-electron chi connectivity index (χ3n) is 2.33. The highest BCUT2D eigenvalue weighted by molar-refractivity contribution is 8.93. The zero-order chi connectivity index (χ0) is 7.72. The molecule has 0 amide bonds. The summed E-state index contributed by atoms with van der Waals surface area (Å²) in [4.78, 5) is 0. The van der Waals surface area contributed by atoms with Gasteiger partial charge in [0.25, 0.3) is 0 Å². The van der Waals surface area contributed by atoms with Crippen molar-refractivity contribution >= 4 is 17.0 Å². The Kier molecular flexibility index (Phi) is 3.81. The first-order chi connectivity index (χ1) is 4.63. The maximum absolute atomic E-state index is 2.18. The number of halogens is 1. The highest BCUT2D eigenvalue weighted by Crippen LogP contribution is 2.15. The second kappa shape index (κ2) is 3.91. The number of benzene rings is 1. The quantitative estimate of drug-likeness (QED) is 0.621. The summed E-state index contributed by atoms with van der Waals surface area (Å²) >= 11 is 0. The maximum atomic E-state index is 2.18. The van der Waals surface area contributed by atoms with Crippen LogP contribution in [0.25, 0.3) is 0 Å². The molecule has 0 bridgehead atoms. The number of hydrogen-bond acceptors (Lipinski definition) is 0. The fourth-order valence-electron chi connectivity index (χ4n) is 1.09. The Balaban J connectivity index is 0.000001000. The first-order valence-corrected chi connectivity index (χ1v) is 3.66. The first-order valence-electron chi connectivity index (χ1n) is 3.66. The molecule has 0 unspecified atom stereocenters. The Morgan fingerprint density at radius 2 is 1.00 bits per heavy atom. The van der Waals surface area contributed by atoms with Crippen molar-refractivity contribution in [2.45, 2.75) is 27.7 Å². The van der Waals surface area contributed by atoms with E-state index >= 15 is 0 Å². The van der Waals surface area contributed by atoms with Gasteiger partial charge < -0.3 is 0 Å². The van der Waals surface area contributed by atoms with E-state index < -0.39 is 0 Å². The minimum atomic E-state index is 0. The van der Waals surface area contributed by atoms with Crippen LogP contribution in [0.3, 0.4) is 0 Å². The van der Waals surface area contributed by atoms with Crippen LogP contribution in [0.4, 0.5) is 0 Å². The van der Waals surface area contributed by atoms with Gasteiger partial charge in [-0.3, -0.25) is 0 Å². The third-order valence-corrected chi connectivity index (χ3v) is 2.33. The van der Waals surface area contributed by atoms with Crippen molar-refractivity contribution in [1.82, 2.24) is 0 Å². The standard InChI is InChI=1S/C10H14.BrH/c1-7-5-6-8(2)10(4)9(7)3;/h5-6H,1-4H3;1H. The Bertz CT molecular complexity index is 224. The van der Waals surface area contributed by atoms with Crippen LogP contribution in [0.5, 0.6) is 0 Å². The van der Waals surface area contributed by atoms with Crippen molar-refractivity contribution in [2.75, 3.05) is 0 Å². The van der Waals surface area contributed by atoms with E-state index in [1.165, 1.54) is 22.3 Å². The summed E-state index contributed by atoms with van der Waals surface area (Å²) in [6.07, 6.45) is 0. The van der Waals surface area contributed by atoms with Gasteiger partial charge in [-0.25, -0.2) is 0 Å². The topological polar surface area (TPSA) is 0 Å². The van der Waals surface area contributed by atoms with Crippen LogP contribution in [-0.4, -0.2) is 0 Å². The SMILES string of the molecule is Br.Cc1ccc(C)c(C)c1C. The molecule has 1 aromatic rings. The molecule has 0 atom stereocenters. The van der Waals surface area contributed by atoms with Crippen LogP contribution in [0, 0.1) is 27.7 Å². The van der Waals surface area contributed by atoms with E-state index in [1.54, 1.807) is 0 Å². The number of aryl methyl sites for hydroxylation is 2. The third kappa shape index (κ3) is 2.06. The predicted molar refractivity (Wildman–Crippen MR) is 55.7 cm³/mol. The molecule has 0 N–H and O–H groups in total. The Hall–Kier alpha value is -0.300. The maximum Gasteiger partial charge on any atom is -0.0392 e. The van der Waals surface area contributed by atoms with E-state index in [0.717, 1.165) is 0 Å². The lowest BCUT2D eigenvalue weighted by molar-refractivity contribution is 1.22. The molecule has 1 heteroatoms. The smallest absolute Gasteiger partial charge is 0.0392 e. The van der Waals surface area contributed by atoms with Gasteiger partial charge in [0.1, 0.15) is 0 Å². The van der Waals surface area contributed by atoms with Crippen LogP contribution < -0.4 is 0 Å². The molecular formula is C10H15Br. The summed E-state index contributed by atoms with van der Waals surface area (Å²) in [7, 11) is 0. The average Bonchev–Trinajstić information content (AvgIpc) is 1.93. The van der Waals surface area contributed by atoms with E-state index in [-0.39, 0.29) is 17.0 Å². The van der Waals surface area contributed by atoms with E-state index in [0.29, 0.717) is 0 Å². The molecule has 0 spiro atoms. The van der Waals surface area contributed by atoms with Crippen LogP contribution in [0.1, 0.15) is 22.3 Å². The molecule has 0 heterocycles. The Morgan fingerprint density at radius 1 is 0.727 bits per heavy atom. The summed E-state index contributed by atoms with van der Waals surface area (Å²) in [6, 6.07) is 4.36. The number of rotatable bonds is 0. The van der Waals surface area contributed by atoms with Gasteiger partial charge in [-0.05, 0) is 49.9 Å². The van der Waals surface area contributed by atoms with Gasteiger partial charge in [0.2, 0.25) is 0 Å². The Morgan fingerprint density at radius 3 is 1.27 bits per heavy atom. The molecule has 0 fully saturated rings. The molecule has 0 saturated carbocycles. The summed E-state index contributed by atoms with van der Waals surface area (Å²) < 4.78 is 0. The van der Waals surface area contributed by atoms with Crippen LogP contribution in [0.2, 0.25) is 0 Å². The fourth-order valence-corrected chi connectivity index (χ4v) is 1.09. The molecule has 0 aliphatic carbocycles. The van der Waals surface area contributed by atoms with E-state index in [4.69, 9.17) is 0 Å². The molecule has 0 saturated heterocycles. The monoisotopic (exact) mass is 214 g/mol. The highest BCUT2D eigenvalue weighted by atomic mass is 79.9. The molecule has 0 aliphatic heterocycles. The first kappa shape index (κ1) is 10.7. The van der Waals surface area contributed by atoms with Crippen LogP contribution in [0.15, 0.2) is 12.1 Å². The minimum Gasteiger partial charge on any atom is -0.114 e. The molecule has 1 aromatic carbocycles. The van der Waals surface area contributed by atoms with Crippen molar-refractivity contribution in [3.05, 3.63) is 34.4 Å². The van der Waals surface area contributed by atoms with Gasteiger partial charge in [-0.1, -0.05) is 12.1 Å². The largest absolute Gasteiger partial charge is 0.114 e. The van der Waals surface area contributed by atoms with E-state index in [9.17, 15) is 0 Å². The molecular weight excluding hydrogens is 200 g/mol. The average molecular weight is 215 g/mol. The van der Waals surface area contributed by atoms with Gasteiger partial charge >= 0.3 is 0 Å². The normalized spacial score (nSPS) is 9.09. The molecule has 0 nitrogen and oxygen atoms in total. The summed E-state index contributed by atoms with van der Waals surface area (Å²) in [5.74, 6) is 0. The van der Waals surface area contributed by atoms with Gasteiger partial charge in [0.05, 0.1) is 0 Å². The highest BCUT2D eigenvalue weighted by Gasteiger charge is 1.97. The van der Waals surface area contributed by atoms with Gasteiger partial charge in [0, 0.05) is 0 Å². The zero-order valence-electron chi connectivity index (χ0n) is 7.56. The van der Waals surface area contributed by atoms with Crippen molar-refractivity contribution in [2.24, 2.45) is 0 Å². The molecule has 62 valence electrons.